The van der Waals surface area contributed by atoms with E-state index < -0.39 is 0 Å². The summed E-state index contributed by atoms with van der Waals surface area (Å²) in [6.07, 6.45) is 1.44. The number of nitrogens with zero attached hydrogens (tertiary/aromatic N) is 3. The number of hydrogen-bond donors (Lipinski definition) is 0. The van der Waals surface area contributed by atoms with Crippen molar-refractivity contribution in [2.45, 2.75) is 0 Å². The fraction of sp³-hybridized carbons (Fsp3) is 0. The van der Waals surface area contributed by atoms with E-state index in [4.69, 9.17) is 0 Å². The van der Waals surface area contributed by atoms with Gasteiger partial charge in [0.25, 0.3) is 0 Å². The molecule has 0 fully saturated rings. The second kappa shape index (κ2) is 3.62. The van der Waals surface area contributed by atoms with Gasteiger partial charge in [0, 0.05) is 5.56 Å². The Labute approximate surface area is 84.0 Å². The molecule has 1 heterocycles. The summed E-state index contributed by atoms with van der Waals surface area (Å²) in [6.45, 7) is 0. The topological polar surface area (TPSA) is 38.7 Å². The Morgan fingerprint density at radius 2 is 1.85 bits per heavy atom. The van der Waals surface area contributed by atoms with Gasteiger partial charge in [-0.05, 0) is 15.9 Å². The quantitative estimate of drug-likeness (QED) is 0.762. The molecular formula is C9H6BrN3. The van der Waals surface area contributed by atoms with Crippen LogP contribution in [0.25, 0.3) is 11.3 Å². The molecule has 0 saturated carbocycles. The van der Waals surface area contributed by atoms with Crippen molar-refractivity contribution >= 4 is 15.9 Å². The summed E-state index contributed by atoms with van der Waals surface area (Å²) in [5, 5.41) is 7.52. The molecule has 0 aliphatic carbocycles. The summed E-state index contributed by atoms with van der Waals surface area (Å²) in [4.78, 5) is 4.13. The lowest BCUT2D eigenvalue weighted by Gasteiger charge is -1.99. The van der Waals surface area contributed by atoms with Crippen molar-refractivity contribution in [1.29, 1.82) is 0 Å². The minimum Gasteiger partial charge on any atom is -0.232 e. The molecule has 2 aromatic rings. The summed E-state index contributed by atoms with van der Waals surface area (Å²) in [5.41, 5.74) is 1.85. The third-order valence-corrected chi connectivity index (χ3v) is 2.16. The highest BCUT2D eigenvalue weighted by molar-refractivity contribution is 9.10. The van der Waals surface area contributed by atoms with Crippen LogP contribution in [0.3, 0.4) is 0 Å². The predicted octanol–water partition coefficient (Wildman–Crippen LogP) is 2.30. The largest absolute Gasteiger partial charge is 0.232 e. The fourth-order valence-electron chi connectivity index (χ4n) is 1.05. The van der Waals surface area contributed by atoms with Crippen LogP contribution in [0, 0.1) is 0 Å². The lowest BCUT2D eigenvalue weighted by Crippen LogP contribution is -1.90. The molecule has 0 radical (unpaired) electrons. The summed E-state index contributed by atoms with van der Waals surface area (Å²) in [6, 6.07) is 9.85. The Kier molecular flexibility index (Phi) is 2.31. The van der Waals surface area contributed by atoms with Crippen LogP contribution in [0.1, 0.15) is 0 Å². The minimum atomic E-state index is 0.668. The number of rotatable bonds is 1. The van der Waals surface area contributed by atoms with Crippen molar-refractivity contribution in [1.82, 2.24) is 15.2 Å². The molecular weight excluding hydrogens is 230 g/mol. The van der Waals surface area contributed by atoms with Crippen molar-refractivity contribution in [3.8, 4) is 11.3 Å². The van der Waals surface area contributed by atoms with E-state index in [0.717, 1.165) is 11.3 Å². The van der Waals surface area contributed by atoms with E-state index in [1.165, 1.54) is 6.33 Å². The van der Waals surface area contributed by atoms with Crippen LogP contribution in [0.5, 0.6) is 0 Å². The number of halogens is 1. The highest BCUT2D eigenvalue weighted by Gasteiger charge is 2.03. The maximum Gasteiger partial charge on any atom is 0.155 e. The predicted molar refractivity (Wildman–Crippen MR) is 53.0 cm³/mol. The molecule has 0 aliphatic rings. The van der Waals surface area contributed by atoms with Gasteiger partial charge in [-0.15, -0.1) is 10.2 Å². The monoisotopic (exact) mass is 235 g/mol. The van der Waals surface area contributed by atoms with Crippen molar-refractivity contribution in [2.24, 2.45) is 0 Å². The molecule has 0 amide bonds. The molecule has 0 unspecified atom stereocenters. The third kappa shape index (κ3) is 1.72. The third-order valence-electron chi connectivity index (χ3n) is 1.63. The zero-order valence-corrected chi connectivity index (χ0v) is 8.27. The molecule has 1 aromatic carbocycles. The Hall–Kier alpha value is -1.29. The molecule has 2 rings (SSSR count). The number of hydrogen-bond acceptors (Lipinski definition) is 3. The fourth-order valence-corrected chi connectivity index (χ4v) is 1.47. The van der Waals surface area contributed by atoms with Gasteiger partial charge in [-0.25, -0.2) is 4.98 Å². The van der Waals surface area contributed by atoms with Gasteiger partial charge >= 0.3 is 0 Å². The van der Waals surface area contributed by atoms with Crippen molar-refractivity contribution in [2.75, 3.05) is 0 Å². The SMILES string of the molecule is Brc1nncnc1-c1ccccc1. The van der Waals surface area contributed by atoms with E-state index >= 15 is 0 Å². The molecule has 4 heteroatoms. The van der Waals surface area contributed by atoms with Gasteiger partial charge in [-0.3, -0.25) is 0 Å². The highest BCUT2D eigenvalue weighted by Crippen LogP contribution is 2.22. The van der Waals surface area contributed by atoms with Crippen LogP contribution in [0.15, 0.2) is 41.3 Å². The molecule has 0 aliphatic heterocycles. The molecule has 0 saturated heterocycles. The Bertz CT molecular complexity index is 403. The molecule has 0 N–H and O–H groups in total. The van der Waals surface area contributed by atoms with Crippen LogP contribution >= 0.6 is 15.9 Å². The molecule has 0 spiro atoms. The van der Waals surface area contributed by atoms with E-state index in [-0.39, 0.29) is 0 Å². The van der Waals surface area contributed by atoms with Gasteiger partial charge in [-0.1, -0.05) is 30.3 Å². The van der Waals surface area contributed by atoms with Gasteiger partial charge in [0.15, 0.2) is 4.60 Å². The first kappa shape index (κ1) is 8.31. The van der Waals surface area contributed by atoms with Crippen molar-refractivity contribution in [3.05, 3.63) is 41.3 Å². The number of benzene rings is 1. The van der Waals surface area contributed by atoms with Crippen LogP contribution in [-0.2, 0) is 0 Å². The first-order chi connectivity index (χ1) is 6.38. The van der Waals surface area contributed by atoms with Crippen molar-refractivity contribution in [3.63, 3.8) is 0 Å². The van der Waals surface area contributed by atoms with Crippen LogP contribution in [0.2, 0.25) is 0 Å². The van der Waals surface area contributed by atoms with Gasteiger partial charge in [-0.2, -0.15) is 0 Å². The van der Waals surface area contributed by atoms with E-state index in [0.29, 0.717) is 4.60 Å². The van der Waals surface area contributed by atoms with Gasteiger partial charge < -0.3 is 0 Å². The van der Waals surface area contributed by atoms with Gasteiger partial charge in [0.1, 0.15) is 12.0 Å². The lowest BCUT2D eigenvalue weighted by atomic mass is 10.2. The molecule has 0 atom stereocenters. The maximum atomic E-state index is 4.13. The number of aromatic nitrogens is 3. The zero-order valence-electron chi connectivity index (χ0n) is 6.68. The molecule has 13 heavy (non-hydrogen) atoms. The van der Waals surface area contributed by atoms with Gasteiger partial charge in [0.05, 0.1) is 0 Å². The average molecular weight is 236 g/mol. The van der Waals surface area contributed by atoms with Crippen LogP contribution in [0.4, 0.5) is 0 Å². The normalized spacial score (nSPS) is 9.92. The molecule has 1 aromatic heterocycles. The first-order valence-electron chi connectivity index (χ1n) is 3.76. The smallest absolute Gasteiger partial charge is 0.155 e. The standard InChI is InChI=1S/C9H6BrN3/c10-9-8(11-6-12-13-9)7-4-2-1-3-5-7/h1-6H. The average Bonchev–Trinajstić information content (AvgIpc) is 2.20. The highest BCUT2D eigenvalue weighted by atomic mass is 79.9. The first-order valence-corrected chi connectivity index (χ1v) is 4.56. The maximum absolute atomic E-state index is 4.13. The molecule has 0 bridgehead atoms. The second-order valence-electron chi connectivity index (χ2n) is 2.47. The summed E-state index contributed by atoms with van der Waals surface area (Å²) < 4.78 is 0.668. The molecule has 3 nitrogen and oxygen atoms in total. The Morgan fingerprint density at radius 3 is 2.54 bits per heavy atom. The van der Waals surface area contributed by atoms with Crippen LogP contribution in [-0.4, -0.2) is 15.2 Å². The van der Waals surface area contributed by atoms with E-state index in [9.17, 15) is 0 Å². The molecule has 64 valence electrons. The van der Waals surface area contributed by atoms with E-state index in [2.05, 4.69) is 31.1 Å². The van der Waals surface area contributed by atoms with E-state index in [1.54, 1.807) is 0 Å². The zero-order chi connectivity index (χ0) is 9.10. The summed E-state index contributed by atoms with van der Waals surface area (Å²) in [7, 11) is 0. The lowest BCUT2D eigenvalue weighted by molar-refractivity contribution is 0.950. The van der Waals surface area contributed by atoms with Gasteiger partial charge in [0.2, 0.25) is 0 Å². The minimum absolute atomic E-state index is 0.668. The summed E-state index contributed by atoms with van der Waals surface area (Å²) >= 11 is 3.30. The van der Waals surface area contributed by atoms with Crippen LogP contribution < -0.4 is 0 Å². The second-order valence-corrected chi connectivity index (χ2v) is 3.22. The summed E-state index contributed by atoms with van der Waals surface area (Å²) in [5.74, 6) is 0. The Morgan fingerprint density at radius 1 is 1.08 bits per heavy atom. The van der Waals surface area contributed by atoms with E-state index in [1.807, 2.05) is 30.3 Å². The Balaban J connectivity index is 2.54. The van der Waals surface area contributed by atoms with Crippen molar-refractivity contribution < 1.29 is 0 Å².